The van der Waals surface area contributed by atoms with Crippen LogP contribution in [0.1, 0.15) is 28.9 Å². The van der Waals surface area contributed by atoms with Crippen LogP contribution in [0.2, 0.25) is 0 Å². The second kappa shape index (κ2) is 11.5. The highest BCUT2D eigenvalue weighted by atomic mass is 16.5. The van der Waals surface area contributed by atoms with Gasteiger partial charge in [-0.25, -0.2) is 0 Å². The van der Waals surface area contributed by atoms with Crippen molar-refractivity contribution in [2.75, 3.05) is 40.5 Å². The van der Waals surface area contributed by atoms with Crippen LogP contribution in [-0.2, 0) is 4.74 Å². The van der Waals surface area contributed by atoms with E-state index in [0.29, 0.717) is 64.0 Å². The SMILES string of the molecule is COc1cc(C(=O)N(C)CCO)ncc1-c1cc2nccc(-c3cc(C#N)c(OC4CCOCC4)cn3)c2o1. The maximum atomic E-state index is 12.6. The summed E-state index contributed by atoms with van der Waals surface area (Å²) in [7, 11) is 3.08. The zero-order valence-electron chi connectivity index (χ0n) is 21.6. The second-order valence-corrected chi connectivity index (χ2v) is 9.01. The molecule has 1 fully saturated rings. The first-order valence-electron chi connectivity index (χ1n) is 12.5. The number of nitriles is 1. The molecule has 39 heavy (non-hydrogen) atoms. The zero-order chi connectivity index (χ0) is 27.4. The molecule has 0 atom stereocenters. The van der Waals surface area contributed by atoms with Gasteiger partial charge < -0.3 is 28.6 Å². The average Bonchev–Trinajstić information content (AvgIpc) is 3.42. The van der Waals surface area contributed by atoms with Crippen molar-refractivity contribution in [3.05, 3.63) is 54.1 Å². The molecule has 200 valence electrons. The Hall–Kier alpha value is -4.53. The lowest BCUT2D eigenvalue weighted by molar-refractivity contribution is 0.0253. The van der Waals surface area contributed by atoms with Crippen molar-refractivity contribution in [3.63, 3.8) is 0 Å². The first-order valence-corrected chi connectivity index (χ1v) is 12.5. The summed E-state index contributed by atoms with van der Waals surface area (Å²) < 4.78 is 23.2. The van der Waals surface area contributed by atoms with Gasteiger partial charge in [0.25, 0.3) is 5.91 Å². The lowest BCUT2D eigenvalue weighted by atomic mass is 10.1. The summed E-state index contributed by atoms with van der Waals surface area (Å²) >= 11 is 0. The molecular formula is C28H27N5O6. The molecule has 5 rings (SSSR count). The Labute approximate surface area is 224 Å². The minimum absolute atomic E-state index is 0.0147. The molecule has 4 aromatic heterocycles. The predicted octanol–water partition coefficient (Wildman–Crippen LogP) is 3.45. The molecule has 0 aromatic carbocycles. The molecule has 11 heteroatoms. The number of ether oxygens (including phenoxy) is 3. The maximum absolute atomic E-state index is 12.6. The highest BCUT2D eigenvalue weighted by molar-refractivity contribution is 5.94. The maximum Gasteiger partial charge on any atom is 0.272 e. The molecule has 0 saturated carbocycles. The molecule has 11 nitrogen and oxygen atoms in total. The number of rotatable bonds is 8. The van der Waals surface area contributed by atoms with Gasteiger partial charge in [0.1, 0.15) is 34.9 Å². The number of carbonyl (C=O) groups excluding carboxylic acids is 1. The smallest absolute Gasteiger partial charge is 0.272 e. The molecule has 1 aliphatic rings. The number of methoxy groups -OCH3 is 1. The first kappa shape index (κ1) is 26.1. The zero-order valence-corrected chi connectivity index (χ0v) is 21.6. The number of fused-ring (bicyclic) bond motifs is 1. The fraction of sp³-hybridized carbons (Fsp3) is 0.321. The third-order valence-corrected chi connectivity index (χ3v) is 6.49. The summed E-state index contributed by atoms with van der Waals surface area (Å²) in [4.78, 5) is 27.3. The first-order chi connectivity index (χ1) is 19.0. The Morgan fingerprint density at radius 3 is 2.72 bits per heavy atom. The van der Waals surface area contributed by atoms with E-state index in [9.17, 15) is 10.1 Å². The minimum atomic E-state index is -0.342. The lowest BCUT2D eigenvalue weighted by Crippen LogP contribution is -2.30. The summed E-state index contributed by atoms with van der Waals surface area (Å²) in [5, 5.41) is 18.9. The van der Waals surface area contributed by atoms with Crippen LogP contribution < -0.4 is 9.47 Å². The summed E-state index contributed by atoms with van der Waals surface area (Å²) in [6.07, 6.45) is 6.23. The third-order valence-electron chi connectivity index (χ3n) is 6.49. The topological polar surface area (TPSA) is 144 Å². The predicted molar refractivity (Wildman–Crippen MR) is 140 cm³/mol. The van der Waals surface area contributed by atoms with Gasteiger partial charge in [-0.05, 0) is 12.1 Å². The largest absolute Gasteiger partial charge is 0.496 e. The van der Waals surface area contributed by atoms with Crippen molar-refractivity contribution in [1.82, 2.24) is 19.9 Å². The van der Waals surface area contributed by atoms with Crippen LogP contribution in [0.25, 0.3) is 33.7 Å². The number of nitrogens with zero attached hydrogens (tertiary/aromatic N) is 5. The number of hydrogen-bond donors (Lipinski definition) is 1. The molecule has 1 amide bonds. The molecule has 1 saturated heterocycles. The van der Waals surface area contributed by atoms with E-state index < -0.39 is 0 Å². The highest BCUT2D eigenvalue weighted by Crippen LogP contribution is 2.37. The number of carbonyl (C=O) groups is 1. The van der Waals surface area contributed by atoms with Gasteiger partial charge in [0.15, 0.2) is 11.3 Å². The number of pyridine rings is 3. The van der Waals surface area contributed by atoms with E-state index in [-0.39, 0.29) is 30.9 Å². The fourth-order valence-corrected chi connectivity index (χ4v) is 4.37. The number of aromatic nitrogens is 3. The van der Waals surface area contributed by atoms with Gasteiger partial charge in [-0.3, -0.25) is 19.7 Å². The molecule has 1 N–H and O–H groups in total. The van der Waals surface area contributed by atoms with E-state index in [0.717, 1.165) is 12.8 Å². The minimum Gasteiger partial charge on any atom is -0.496 e. The van der Waals surface area contributed by atoms with Crippen LogP contribution in [0.15, 0.2) is 47.3 Å². The van der Waals surface area contributed by atoms with Crippen molar-refractivity contribution < 1.29 is 28.5 Å². The van der Waals surface area contributed by atoms with E-state index in [1.165, 1.54) is 24.3 Å². The molecule has 4 aromatic rings. The fourth-order valence-electron chi connectivity index (χ4n) is 4.37. The Morgan fingerprint density at radius 1 is 1.15 bits per heavy atom. The number of likely N-dealkylation sites (N-methyl/N-ethyl adjacent to an activating group) is 1. The van der Waals surface area contributed by atoms with E-state index in [2.05, 4.69) is 21.0 Å². The standard InChI is InChI=1S/C28H27N5O6/c1-33(7-8-34)28(35)23-13-24(36-2)20(15-31-23)25-12-22-27(39-25)19(3-6-30-22)21-11-17(14-29)26(16-32-21)38-18-4-9-37-10-5-18/h3,6,11-13,15-16,18,34H,4-5,7-10H2,1-2H3. The Balaban J connectivity index is 1.48. The van der Waals surface area contributed by atoms with Crippen molar-refractivity contribution in [2.45, 2.75) is 18.9 Å². The quantitative estimate of drug-likeness (QED) is 0.360. The normalized spacial score (nSPS) is 13.7. The molecule has 1 aliphatic heterocycles. The van der Waals surface area contributed by atoms with Crippen molar-refractivity contribution in [1.29, 1.82) is 5.26 Å². The number of amides is 1. The van der Waals surface area contributed by atoms with Gasteiger partial charge in [0.2, 0.25) is 0 Å². The van der Waals surface area contributed by atoms with Gasteiger partial charge in [0.05, 0.1) is 49.9 Å². The van der Waals surface area contributed by atoms with Crippen LogP contribution in [0.5, 0.6) is 11.5 Å². The molecule has 0 bridgehead atoms. The van der Waals surface area contributed by atoms with Crippen LogP contribution in [0.4, 0.5) is 0 Å². The molecule has 0 unspecified atom stereocenters. The highest BCUT2D eigenvalue weighted by Gasteiger charge is 2.21. The molecule has 0 aliphatic carbocycles. The summed E-state index contributed by atoms with van der Waals surface area (Å²) in [6.45, 7) is 1.30. The summed E-state index contributed by atoms with van der Waals surface area (Å²) in [5.41, 5.74) is 3.34. The van der Waals surface area contributed by atoms with Crippen LogP contribution in [0.3, 0.4) is 0 Å². The van der Waals surface area contributed by atoms with Crippen LogP contribution in [0, 0.1) is 11.3 Å². The van der Waals surface area contributed by atoms with Crippen molar-refractivity contribution in [3.8, 4) is 40.1 Å². The third kappa shape index (κ3) is 5.38. The number of furan rings is 1. The Bertz CT molecular complexity index is 1540. The average molecular weight is 530 g/mol. The van der Waals surface area contributed by atoms with Crippen molar-refractivity contribution in [2.24, 2.45) is 0 Å². The van der Waals surface area contributed by atoms with Crippen LogP contribution in [-0.4, -0.2) is 77.5 Å². The van der Waals surface area contributed by atoms with E-state index in [1.807, 2.05) is 0 Å². The molecular weight excluding hydrogens is 502 g/mol. The van der Waals surface area contributed by atoms with Gasteiger partial charge in [-0.2, -0.15) is 5.26 Å². The van der Waals surface area contributed by atoms with E-state index >= 15 is 0 Å². The molecule has 0 spiro atoms. The van der Waals surface area contributed by atoms with E-state index in [1.54, 1.807) is 37.6 Å². The van der Waals surface area contributed by atoms with Gasteiger partial charge in [-0.1, -0.05) is 0 Å². The Kier molecular flexibility index (Phi) is 7.67. The molecule has 5 heterocycles. The van der Waals surface area contributed by atoms with Gasteiger partial charge >= 0.3 is 0 Å². The number of aliphatic hydroxyl groups is 1. The second-order valence-electron chi connectivity index (χ2n) is 9.01. The summed E-state index contributed by atoms with van der Waals surface area (Å²) in [6, 6.07) is 8.94. The number of hydrogen-bond acceptors (Lipinski definition) is 10. The van der Waals surface area contributed by atoms with Crippen LogP contribution >= 0.6 is 0 Å². The monoisotopic (exact) mass is 529 g/mol. The lowest BCUT2D eigenvalue weighted by Gasteiger charge is -2.23. The van der Waals surface area contributed by atoms with Gasteiger partial charge in [-0.15, -0.1) is 0 Å². The Morgan fingerprint density at radius 2 is 1.97 bits per heavy atom. The van der Waals surface area contributed by atoms with Crippen molar-refractivity contribution >= 4 is 17.0 Å². The molecule has 0 radical (unpaired) electrons. The summed E-state index contributed by atoms with van der Waals surface area (Å²) in [5.74, 6) is 0.933. The van der Waals surface area contributed by atoms with E-state index in [4.69, 9.17) is 23.7 Å². The van der Waals surface area contributed by atoms with Gasteiger partial charge in [0, 0.05) is 56.5 Å². The number of aliphatic hydroxyl groups excluding tert-OH is 1.